The van der Waals surface area contributed by atoms with Crippen LogP contribution in [0, 0.1) is 0 Å². The van der Waals surface area contributed by atoms with Gasteiger partial charge in [0, 0.05) is 51.2 Å². The Morgan fingerprint density at radius 2 is 2.05 bits per heavy atom. The summed E-state index contributed by atoms with van der Waals surface area (Å²) >= 11 is 0. The number of aryl methyl sites for hydroxylation is 1. The lowest BCUT2D eigenvalue weighted by atomic mass is 10.1. The van der Waals surface area contributed by atoms with Gasteiger partial charge in [-0.05, 0) is 13.1 Å². The summed E-state index contributed by atoms with van der Waals surface area (Å²) in [4.78, 5) is 4.82. The summed E-state index contributed by atoms with van der Waals surface area (Å²) in [5.74, 6) is 0. The van der Waals surface area contributed by atoms with Gasteiger partial charge in [0.05, 0.1) is 11.2 Å². The Balaban J connectivity index is 1.85. The number of benzene rings is 1. The smallest absolute Gasteiger partial charge is 0.0843 e. The number of hydrogen-bond donors (Lipinski definition) is 1. The highest BCUT2D eigenvalue weighted by Gasteiger charge is 2.25. The van der Waals surface area contributed by atoms with E-state index < -0.39 is 0 Å². The quantitative estimate of drug-likeness (QED) is 0.892. The van der Waals surface area contributed by atoms with E-state index in [0.29, 0.717) is 12.6 Å². The van der Waals surface area contributed by atoms with Gasteiger partial charge in [0.25, 0.3) is 0 Å². The number of nitrogens with zero attached hydrogens (tertiary/aromatic N) is 4. The van der Waals surface area contributed by atoms with Gasteiger partial charge in [-0.25, -0.2) is 0 Å². The molecule has 0 spiro atoms. The van der Waals surface area contributed by atoms with E-state index in [9.17, 15) is 0 Å². The zero-order chi connectivity index (χ0) is 14.1. The molecule has 1 saturated heterocycles. The minimum Gasteiger partial charge on any atom is -0.329 e. The third-order valence-electron chi connectivity index (χ3n) is 4.27. The Hall–Kier alpha value is -1.43. The van der Waals surface area contributed by atoms with E-state index in [2.05, 4.69) is 41.1 Å². The number of para-hydroxylation sites is 1. The molecular formula is C15H23N5. The summed E-state index contributed by atoms with van der Waals surface area (Å²) in [7, 11) is 4.17. The summed E-state index contributed by atoms with van der Waals surface area (Å²) in [6.45, 7) is 4.79. The number of likely N-dealkylation sites (N-methyl/N-ethyl adjacent to an activating group) is 1. The molecule has 108 valence electrons. The van der Waals surface area contributed by atoms with Crippen LogP contribution in [-0.2, 0) is 13.6 Å². The average molecular weight is 273 g/mol. The Morgan fingerprint density at radius 1 is 1.25 bits per heavy atom. The highest BCUT2D eigenvalue weighted by atomic mass is 15.3. The molecular weight excluding hydrogens is 250 g/mol. The van der Waals surface area contributed by atoms with E-state index >= 15 is 0 Å². The summed E-state index contributed by atoms with van der Waals surface area (Å²) in [5.41, 5.74) is 8.29. The number of nitrogens with two attached hydrogens (primary N) is 1. The first-order valence-corrected chi connectivity index (χ1v) is 7.22. The molecule has 3 rings (SSSR count). The molecule has 5 nitrogen and oxygen atoms in total. The molecule has 1 aliphatic rings. The molecule has 1 aliphatic heterocycles. The lowest BCUT2D eigenvalue weighted by Gasteiger charge is -2.39. The van der Waals surface area contributed by atoms with Crippen molar-refractivity contribution in [3.8, 4) is 0 Å². The van der Waals surface area contributed by atoms with Crippen molar-refractivity contribution >= 4 is 10.9 Å². The van der Waals surface area contributed by atoms with Crippen LogP contribution in [-0.4, -0.2) is 58.8 Å². The minimum absolute atomic E-state index is 0.425. The van der Waals surface area contributed by atoms with Crippen LogP contribution in [0.4, 0.5) is 0 Å². The molecule has 1 fully saturated rings. The zero-order valence-corrected chi connectivity index (χ0v) is 12.3. The lowest BCUT2D eigenvalue weighted by Crippen LogP contribution is -2.54. The van der Waals surface area contributed by atoms with Gasteiger partial charge in [-0.1, -0.05) is 18.2 Å². The molecule has 1 aromatic carbocycles. The van der Waals surface area contributed by atoms with Crippen LogP contribution in [0.3, 0.4) is 0 Å². The molecule has 1 aromatic heterocycles. The fourth-order valence-electron chi connectivity index (χ4n) is 3.08. The van der Waals surface area contributed by atoms with Crippen LogP contribution in [0.25, 0.3) is 10.9 Å². The predicted octanol–water partition coefficient (Wildman–Crippen LogP) is 0.648. The van der Waals surface area contributed by atoms with Crippen molar-refractivity contribution in [2.45, 2.75) is 12.6 Å². The average Bonchev–Trinajstić information content (AvgIpc) is 2.78. The summed E-state index contributed by atoms with van der Waals surface area (Å²) in [6.07, 6.45) is 0. The Labute approximate surface area is 119 Å². The summed E-state index contributed by atoms with van der Waals surface area (Å²) in [6, 6.07) is 8.85. The second-order valence-corrected chi connectivity index (χ2v) is 5.71. The van der Waals surface area contributed by atoms with Crippen molar-refractivity contribution in [2.75, 3.05) is 33.2 Å². The van der Waals surface area contributed by atoms with Crippen LogP contribution >= 0.6 is 0 Å². The van der Waals surface area contributed by atoms with E-state index in [-0.39, 0.29) is 0 Å². The van der Waals surface area contributed by atoms with Gasteiger partial charge in [-0.3, -0.25) is 9.58 Å². The van der Waals surface area contributed by atoms with Crippen LogP contribution < -0.4 is 5.73 Å². The first-order valence-electron chi connectivity index (χ1n) is 7.22. The van der Waals surface area contributed by atoms with E-state index in [1.165, 1.54) is 10.9 Å². The van der Waals surface area contributed by atoms with E-state index in [0.717, 1.165) is 31.9 Å². The molecule has 0 saturated carbocycles. The van der Waals surface area contributed by atoms with Crippen molar-refractivity contribution in [3.63, 3.8) is 0 Å². The standard InChI is InChI=1S/C15H23N5/c1-18-7-8-20(12(9-16)10-18)11-14-13-5-3-4-6-15(13)19(2)17-14/h3-6,12H,7-11,16H2,1-2H3. The third-order valence-corrected chi connectivity index (χ3v) is 4.27. The largest absolute Gasteiger partial charge is 0.329 e. The highest BCUT2D eigenvalue weighted by Crippen LogP contribution is 2.20. The minimum atomic E-state index is 0.425. The molecule has 0 aliphatic carbocycles. The van der Waals surface area contributed by atoms with Crippen LogP contribution in [0.2, 0.25) is 0 Å². The first-order chi connectivity index (χ1) is 9.69. The molecule has 0 radical (unpaired) electrons. The van der Waals surface area contributed by atoms with Gasteiger partial charge >= 0.3 is 0 Å². The molecule has 2 aromatic rings. The van der Waals surface area contributed by atoms with Crippen LogP contribution in [0.5, 0.6) is 0 Å². The Kier molecular flexibility index (Phi) is 3.74. The maximum Gasteiger partial charge on any atom is 0.0843 e. The Morgan fingerprint density at radius 3 is 2.85 bits per heavy atom. The molecule has 0 bridgehead atoms. The third kappa shape index (κ3) is 2.44. The Bertz CT molecular complexity index is 591. The zero-order valence-electron chi connectivity index (χ0n) is 12.3. The van der Waals surface area contributed by atoms with Gasteiger partial charge in [0.15, 0.2) is 0 Å². The van der Waals surface area contributed by atoms with Gasteiger partial charge in [-0.15, -0.1) is 0 Å². The fourth-order valence-corrected chi connectivity index (χ4v) is 3.08. The van der Waals surface area contributed by atoms with E-state index in [1.54, 1.807) is 0 Å². The molecule has 1 unspecified atom stereocenters. The number of rotatable bonds is 3. The maximum atomic E-state index is 5.93. The van der Waals surface area contributed by atoms with Crippen LogP contribution in [0.1, 0.15) is 5.69 Å². The fraction of sp³-hybridized carbons (Fsp3) is 0.533. The molecule has 20 heavy (non-hydrogen) atoms. The van der Waals surface area contributed by atoms with Crippen molar-refractivity contribution < 1.29 is 0 Å². The van der Waals surface area contributed by atoms with Crippen molar-refractivity contribution in [2.24, 2.45) is 12.8 Å². The van der Waals surface area contributed by atoms with Crippen molar-refractivity contribution in [1.82, 2.24) is 19.6 Å². The first kappa shape index (κ1) is 13.5. The monoisotopic (exact) mass is 273 g/mol. The summed E-state index contributed by atoms with van der Waals surface area (Å²) < 4.78 is 1.97. The molecule has 5 heteroatoms. The number of aromatic nitrogens is 2. The molecule has 1 atom stereocenters. The van der Waals surface area contributed by atoms with Gasteiger partial charge in [0.2, 0.25) is 0 Å². The van der Waals surface area contributed by atoms with Crippen molar-refractivity contribution in [1.29, 1.82) is 0 Å². The van der Waals surface area contributed by atoms with Gasteiger partial charge in [-0.2, -0.15) is 5.10 Å². The topological polar surface area (TPSA) is 50.3 Å². The number of piperazine rings is 1. The number of fused-ring (bicyclic) bond motifs is 1. The highest BCUT2D eigenvalue weighted by molar-refractivity contribution is 5.81. The number of hydrogen-bond acceptors (Lipinski definition) is 4. The normalized spacial score (nSPS) is 21.6. The lowest BCUT2D eigenvalue weighted by molar-refractivity contribution is 0.0872. The van der Waals surface area contributed by atoms with Crippen LogP contribution in [0.15, 0.2) is 24.3 Å². The molecule has 2 N–H and O–H groups in total. The second kappa shape index (κ2) is 5.52. The second-order valence-electron chi connectivity index (χ2n) is 5.71. The predicted molar refractivity (Wildman–Crippen MR) is 81.5 cm³/mol. The molecule has 0 amide bonds. The van der Waals surface area contributed by atoms with Gasteiger partial charge < -0.3 is 10.6 Å². The van der Waals surface area contributed by atoms with Gasteiger partial charge in [0.1, 0.15) is 0 Å². The van der Waals surface area contributed by atoms with Crippen molar-refractivity contribution in [3.05, 3.63) is 30.0 Å². The van der Waals surface area contributed by atoms with E-state index in [4.69, 9.17) is 10.8 Å². The molecule has 2 heterocycles. The van der Waals surface area contributed by atoms with E-state index in [1.807, 2.05) is 11.7 Å². The SMILES string of the molecule is CN1CCN(Cc2nn(C)c3ccccc23)C(CN)C1. The maximum absolute atomic E-state index is 5.93. The summed E-state index contributed by atoms with van der Waals surface area (Å²) in [5, 5.41) is 5.95.